The number of hydrogen-bond acceptors (Lipinski definition) is 7. The zero-order valence-electron chi connectivity index (χ0n) is 14.4. The molecule has 9 nitrogen and oxygen atoms in total. The van der Waals surface area contributed by atoms with Gasteiger partial charge in [0, 0.05) is 30.9 Å². The zero-order chi connectivity index (χ0) is 17.9. The summed E-state index contributed by atoms with van der Waals surface area (Å²) in [5, 5.41) is 19.3. The van der Waals surface area contributed by atoms with E-state index in [0.717, 1.165) is 44.5 Å². The molecule has 0 unspecified atom stereocenters. The van der Waals surface area contributed by atoms with Crippen LogP contribution < -0.4 is 15.0 Å². The van der Waals surface area contributed by atoms with Crippen molar-refractivity contribution in [3.05, 3.63) is 12.1 Å². The van der Waals surface area contributed by atoms with Crippen molar-refractivity contribution in [2.24, 2.45) is 0 Å². The highest BCUT2D eigenvalue weighted by atomic mass is 16.6. The van der Waals surface area contributed by atoms with Crippen LogP contribution in [0.5, 0.6) is 5.75 Å². The zero-order valence-corrected chi connectivity index (χ0v) is 14.4. The summed E-state index contributed by atoms with van der Waals surface area (Å²) in [5.74, 6) is 0.667. The lowest BCUT2D eigenvalue weighted by atomic mass is 9.93. The number of carboxylic acid groups (broad SMARTS) is 1. The molecular formula is C17H22N4O5. The Hall–Kier alpha value is -2.55. The van der Waals surface area contributed by atoms with Crippen molar-refractivity contribution in [3.8, 4) is 5.75 Å². The van der Waals surface area contributed by atoms with E-state index in [0.29, 0.717) is 30.0 Å². The normalized spacial score (nSPS) is 23.8. The molecule has 0 radical (unpaired) electrons. The molecule has 0 spiro atoms. The number of carbonyl (C=O) groups is 1. The lowest BCUT2D eigenvalue weighted by molar-refractivity contribution is 0.122. The third-order valence-electron chi connectivity index (χ3n) is 4.98. The Balaban J connectivity index is 1.49. The van der Waals surface area contributed by atoms with Crippen molar-refractivity contribution in [3.63, 3.8) is 0 Å². The van der Waals surface area contributed by atoms with Crippen LogP contribution in [0.25, 0.3) is 11.0 Å². The molecule has 1 saturated heterocycles. The number of anilines is 1. The monoisotopic (exact) mass is 362 g/mol. The van der Waals surface area contributed by atoms with Gasteiger partial charge in [-0.15, -0.1) is 0 Å². The summed E-state index contributed by atoms with van der Waals surface area (Å²) in [6.45, 7) is 3.04. The van der Waals surface area contributed by atoms with Crippen LogP contribution in [-0.2, 0) is 4.74 Å². The van der Waals surface area contributed by atoms with Crippen LogP contribution in [0.1, 0.15) is 25.7 Å². The summed E-state index contributed by atoms with van der Waals surface area (Å²) in [5.41, 5.74) is 2.31. The first-order valence-corrected chi connectivity index (χ1v) is 8.94. The van der Waals surface area contributed by atoms with Gasteiger partial charge in [0.25, 0.3) is 0 Å². The minimum Gasteiger partial charge on any atom is -0.488 e. The van der Waals surface area contributed by atoms with Crippen LogP contribution >= 0.6 is 0 Å². The third-order valence-corrected chi connectivity index (χ3v) is 4.98. The number of amides is 1. The van der Waals surface area contributed by atoms with E-state index in [9.17, 15) is 4.79 Å². The van der Waals surface area contributed by atoms with Gasteiger partial charge in [-0.3, -0.25) is 0 Å². The molecule has 2 N–H and O–H groups in total. The summed E-state index contributed by atoms with van der Waals surface area (Å²) >= 11 is 0. The topological polar surface area (TPSA) is 110 Å². The van der Waals surface area contributed by atoms with Gasteiger partial charge in [0.15, 0.2) is 11.3 Å². The van der Waals surface area contributed by atoms with Crippen molar-refractivity contribution < 1.29 is 24.0 Å². The summed E-state index contributed by atoms with van der Waals surface area (Å²) in [6, 6.07) is 3.94. The maximum Gasteiger partial charge on any atom is 0.404 e. The fourth-order valence-electron chi connectivity index (χ4n) is 3.62. The molecule has 1 aliphatic heterocycles. The number of aromatic nitrogens is 2. The number of ether oxygens (including phenoxy) is 2. The average Bonchev–Trinajstić information content (AvgIpc) is 3.12. The molecule has 1 aliphatic carbocycles. The van der Waals surface area contributed by atoms with E-state index in [2.05, 4.69) is 20.5 Å². The molecule has 1 amide bonds. The average molecular weight is 362 g/mol. The lowest BCUT2D eigenvalue weighted by Gasteiger charge is -2.30. The molecule has 4 rings (SSSR count). The SMILES string of the molecule is O=C(O)NC1CCC(Oc2cc(N3CCOCC3)cc3nonc23)CC1. The molecule has 2 heterocycles. The molecule has 2 aliphatic rings. The highest BCUT2D eigenvalue weighted by molar-refractivity contribution is 5.84. The molecule has 0 atom stereocenters. The minimum atomic E-state index is -0.969. The van der Waals surface area contributed by atoms with Gasteiger partial charge in [-0.05, 0) is 42.1 Å². The van der Waals surface area contributed by atoms with E-state index in [1.54, 1.807) is 0 Å². The number of fused-ring (bicyclic) bond motifs is 1. The van der Waals surface area contributed by atoms with Crippen LogP contribution in [0.4, 0.5) is 10.5 Å². The van der Waals surface area contributed by atoms with E-state index in [4.69, 9.17) is 19.2 Å². The van der Waals surface area contributed by atoms with Crippen molar-refractivity contribution >= 4 is 22.8 Å². The summed E-state index contributed by atoms with van der Waals surface area (Å²) < 4.78 is 16.5. The van der Waals surface area contributed by atoms with E-state index in [-0.39, 0.29) is 12.1 Å². The van der Waals surface area contributed by atoms with Crippen molar-refractivity contribution in [1.29, 1.82) is 0 Å². The Bertz CT molecular complexity index is 766. The molecule has 9 heteroatoms. The van der Waals surface area contributed by atoms with E-state index < -0.39 is 6.09 Å². The lowest BCUT2D eigenvalue weighted by Crippen LogP contribution is -2.39. The molecule has 0 bridgehead atoms. The van der Waals surface area contributed by atoms with Crippen LogP contribution in [0, 0.1) is 0 Å². The predicted octanol–water partition coefficient (Wildman–Crippen LogP) is 2.02. The van der Waals surface area contributed by atoms with Gasteiger partial charge in [0.1, 0.15) is 5.52 Å². The minimum absolute atomic E-state index is 0.000713. The number of nitrogens with one attached hydrogen (secondary N) is 1. The fraction of sp³-hybridized carbons (Fsp3) is 0.588. The molecule has 26 heavy (non-hydrogen) atoms. The number of morpholine rings is 1. The predicted molar refractivity (Wildman–Crippen MR) is 92.7 cm³/mol. The molecule has 1 aromatic carbocycles. The number of nitrogens with zero attached hydrogens (tertiary/aromatic N) is 3. The first-order chi connectivity index (χ1) is 12.7. The molecule has 1 saturated carbocycles. The highest BCUT2D eigenvalue weighted by Gasteiger charge is 2.25. The second kappa shape index (κ2) is 7.36. The smallest absolute Gasteiger partial charge is 0.404 e. The first kappa shape index (κ1) is 16.9. The highest BCUT2D eigenvalue weighted by Crippen LogP contribution is 2.33. The van der Waals surface area contributed by atoms with E-state index in [1.807, 2.05) is 12.1 Å². The first-order valence-electron chi connectivity index (χ1n) is 8.94. The van der Waals surface area contributed by atoms with Gasteiger partial charge >= 0.3 is 6.09 Å². The number of benzene rings is 1. The molecule has 2 aromatic rings. The van der Waals surface area contributed by atoms with Crippen molar-refractivity contribution in [2.45, 2.75) is 37.8 Å². The summed E-state index contributed by atoms with van der Waals surface area (Å²) in [7, 11) is 0. The molecule has 140 valence electrons. The van der Waals surface area contributed by atoms with Gasteiger partial charge in [-0.1, -0.05) is 0 Å². The number of rotatable bonds is 4. The van der Waals surface area contributed by atoms with Crippen LogP contribution in [-0.4, -0.2) is 60.0 Å². The molecular weight excluding hydrogens is 340 g/mol. The second-order valence-electron chi connectivity index (χ2n) is 6.72. The summed E-state index contributed by atoms with van der Waals surface area (Å²) in [4.78, 5) is 13.0. The van der Waals surface area contributed by atoms with E-state index >= 15 is 0 Å². The van der Waals surface area contributed by atoms with Gasteiger partial charge in [-0.25, -0.2) is 9.42 Å². The Labute approximate surface area is 150 Å². The Morgan fingerprint density at radius 3 is 2.69 bits per heavy atom. The standard InChI is InChI=1S/C17H22N4O5/c22-17(23)18-11-1-3-13(4-2-11)25-15-10-12(21-5-7-24-8-6-21)9-14-16(15)20-26-19-14/h9-11,13,18H,1-8H2,(H,22,23). The summed E-state index contributed by atoms with van der Waals surface area (Å²) in [6.07, 6.45) is 2.17. The van der Waals surface area contributed by atoms with Gasteiger partial charge in [-0.2, -0.15) is 0 Å². The molecule has 2 fully saturated rings. The quantitative estimate of drug-likeness (QED) is 0.850. The van der Waals surface area contributed by atoms with Crippen LogP contribution in [0.2, 0.25) is 0 Å². The number of hydrogen-bond donors (Lipinski definition) is 2. The Morgan fingerprint density at radius 1 is 1.19 bits per heavy atom. The van der Waals surface area contributed by atoms with Gasteiger partial charge in [0.2, 0.25) is 0 Å². The molecule has 1 aromatic heterocycles. The van der Waals surface area contributed by atoms with Crippen molar-refractivity contribution in [1.82, 2.24) is 15.6 Å². The third kappa shape index (κ3) is 3.67. The maximum atomic E-state index is 10.8. The van der Waals surface area contributed by atoms with Crippen LogP contribution in [0.3, 0.4) is 0 Å². The fourth-order valence-corrected chi connectivity index (χ4v) is 3.62. The maximum absolute atomic E-state index is 10.8. The largest absolute Gasteiger partial charge is 0.488 e. The Morgan fingerprint density at radius 2 is 1.96 bits per heavy atom. The van der Waals surface area contributed by atoms with Gasteiger partial charge in [0.05, 0.1) is 19.3 Å². The Kier molecular flexibility index (Phi) is 4.79. The van der Waals surface area contributed by atoms with Gasteiger partial charge < -0.3 is 24.8 Å². The van der Waals surface area contributed by atoms with Crippen LogP contribution in [0.15, 0.2) is 16.8 Å². The van der Waals surface area contributed by atoms with E-state index in [1.165, 1.54) is 0 Å². The van der Waals surface area contributed by atoms with Crippen molar-refractivity contribution in [2.75, 3.05) is 31.2 Å². The second-order valence-corrected chi connectivity index (χ2v) is 6.72.